The summed E-state index contributed by atoms with van der Waals surface area (Å²) in [7, 11) is 0. The summed E-state index contributed by atoms with van der Waals surface area (Å²) < 4.78 is 0.927. The summed E-state index contributed by atoms with van der Waals surface area (Å²) in [4.78, 5) is 25.4. The minimum atomic E-state index is -0.228. The summed E-state index contributed by atoms with van der Waals surface area (Å²) in [6.07, 6.45) is 3.23. The Morgan fingerprint density at radius 2 is 2.04 bits per heavy atom. The van der Waals surface area contributed by atoms with Gasteiger partial charge in [0.05, 0.1) is 0 Å². The zero-order valence-corrected chi connectivity index (χ0v) is 14.4. The number of hydrogen-bond acceptors (Lipinski definition) is 2. The van der Waals surface area contributed by atoms with E-state index in [1.54, 1.807) is 23.1 Å². The number of anilines is 2. The standard InChI is InChI=1S/C18H16BrN3O2/c19-16-7-2-1-4-13(16)8-9-17(23)21-14-5-3-6-15(12-14)22-11-10-20-18(22)24/h1-9,12H,10-11H2,(H,20,24)(H,21,23)/b9-8+. The van der Waals surface area contributed by atoms with Crippen LogP contribution in [0.3, 0.4) is 0 Å². The van der Waals surface area contributed by atoms with Crippen LogP contribution in [0, 0.1) is 0 Å². The monoisotopic (exact) mass is 385 g/mol. The molecule has 24 heavy (non-hydrogen) atoms. The molecule has 6 heteroatoms. The van der Waals surface area contributed by atoms with Crippen LogP contribution in [-0.4, -0.2) is 25.0 Å². The van der Waals surface area contributed by atoms with Crippen LogP contribution >= 0.6 is 15.9 Å². The average molecular weight is 386 g/mol. The van der Waals surface area contributed by atoms with Gasteiger partial charge < -0.3 is 10.6 Å². The third-order valence-corrected chi connectivity index (χ3v) is 4.32. The van der Waals surface area contributed by atoms with Crippen molar-refractivity contribution in [3.8, 4) is 0 Å². The quantitative estimate of drug-likeness (QED) is 0.789. The molecule has 0 atom stereocenters. The Balaban J connectivity index is 1.68. The first-order valence-electron chi connectivity index (χ1n) is 7.52. The fourth-order valence-corrected chi connectivity index (χ4v) is 2.85. The first-order valence-corrected chi connectivity index (χ1v) is 8.32. The fraction of sp³-hybridized carbons (Fsp3) is 0.111. The normalized spacial score (nSPS) is 14.0. The molecule has 1 fully saturated rings. The number of halogens is 1. The molecule has 1 saturated heterocycles. The SMILES string of the molecule is O=C(/C=C/c1ccccc1Br)Nc1cccc(N2CCNC2=O)c1. The summed E-state index contributed by atoms with van der Waals surface area (Å²) >= 11 is 3.44. The number of nitrogens with one attached hydrogen (secondary N) is 2. The van der Waals surface area contributed by atoms with Gasteiger partial charge in [-0.2, -0.15) is 0 Å². The van der Waals surface area contributed by atoms with Crippen LogP contribution in [0.5, 0.6) is 0 Å². The second kappa shape index (κ2) is 7.31. The lowest BCUT2D eigenvalue weighted by atomic mass is 10.2. The Bertz CT molecular complexity index is 804. The highest BCUT2D eigenvalue weighted by Crippen LogP contribution is 2.21. The highest BCUT2D eigenvalue weighted by Gasteiger charge is 2.21. The number of rotatable bonds is 4. The first-order chi connectivity index (χ1) is 11.6. The van der Waals surface area contributed by atoms with Crippen molar-refractivity contribution < 1.29 is 9.59 Å². The number of carbonyl (C=O) groups excluding carboxylic acids is 2. The topological polar surface area (TPSA) is 61.4 Å². The van der Waals surface area contributed by atoms with E-state index in [-0.39, 0.29) is 11.9 Å². The van der Waals surface area contributed by atoms with Crippen LogP contribution in [0.4, 0.5) is 16.2 Å². The van der Waals surface area contributed by atoms with Crippen molar-refractivity contribution in [1.82, 2.24) is 5.32 Å². The van der Waals surface area contributed by atoms with Crippen molar-refractivity contribution in [2.24, 2.45) is 0 Å². The van der Waals surface area contributed by atoms with E-state index in [9.17, 15) is 9.59 Å². The van der Waals surface area contributed by atoms with Crippen molar-refractivity contribution in [3.05, 3.63) is 64.6 Å². The molecule has 2 aromatic carbocycles. The lowest BCUT2D eigenvalue weighted by molar-refractivity contribution is -0.111. The molecule has 0 spiro atoms. The van der Waals surface area contributed by atoms with E-state index < -0.39 is 0 Å². The second-order valence-corrected chi connectivity index (χ2v) is 6.13. The molecule has 0 bridgehead atoms. The molecular formula is C18H16BrN3O2. The van der Waals surface area contributed by atoms with Gasteiger partial charge in [-0.05, 0) is 35.9 Å². The zero-order valence-electron chi connectivity index (χ0n) is 12.8. The van der Waals surface area contributed by atoms with Crippen LogP contribution in [0.25, 0.3) is 6.08 Å². The van der Waals surface area contributed by atoms with Crippen LogP contribution in [-0.2, 0) is 4.79 Å². The predicted molar refractivity (Wildman–Crippen MR) is 99.0 cm³/mol. The summed E-state index contributed by atoms with van der Waals surface area (Å²) in [5.41, 5.74) is 2.33. The highest BCUT2D eigenvalue weighted by atomic mass is 79.9. The van der Waals surface area contributed by atoms with Crippen molar-refractivity contribution in [2.45, 2.75) is 0 Å². The zero-order chi connectivity index (χ0) is 16.9. The molecule has 0 radical (unpaired) electrons. The van der Waals surface area contributed by atoms with E-state index in [1.165, 1.54) is 6.08 Å². The molecule has 0 unspecified atom stereocenters. The minimum Gasteiger partial charge on any atom is -0.336 e. The highest BCUT2D eigenvalue weighted by molar-refractivity contribution is 9.10. The molecule has 2 N–H and O–H groups in total. The molecule has 0 aliphatic carbocycles. The van der Waals surface area contributed by atoms with Crippen LogP contribution in [0.2, 0.25) is 0 Å². The van der Waals surface area contributed by atoms with Crippen LogP contribution in [0.1, 0.15) is 5.56 Å². The molecule has 1 aliphatic rings. The molecule has 0 aromatic heterocycles. The van der Waals surface area contributed by atoms with Gasteiger partial charge >= 0.3 is 6.03 Å². The number of carbonyl (C=O) groups is 2. The Labute approximate surface area is 148 Å². The maximum absolute atomic E-state index is 12.1. The summed E-state index contributed by atoms with van der Waals surface area (Å²) in [6.45, 7) is 1.25. The van der Waals surface area contributed by atoms with Gasteiger partial charge in [-0.25, -0.2) is 4.79 Å². The number of nitrogens with zero attached hydrogens (tertiary/aromatic N) is 1. The first kappa shape index (κ1) is 16.3. The van der Waals surface area contributed by atoms with Crippen molar-refractivity contribution in [3.63, 3.8) is 0 Å². The smallest absolute Gasteiger partial charge is 0.321 e. The molecule has 3 amide bonds. The maximum Gasteiger partial charge on any atom is 0.321 e. The molecule has 122 valence electrons. The van der Waals surface area contributed by atoms with Gasteiger partial charge in [0.25, 0.3) is 0 Å². The number of amides is 3. The molecule has 5 nitrogen and oxygen atoms in total. The van der Waals surface area contributed by atoms with Crippen molar-refractivity contribution in [1.29, 1.82) is 0 Å². The van der Waals surface area contributed by atoms with Gasteiger partial charge in [0.15, 0.2) is 0 Å². The summed E-state index contributed by atoms with van der Waals surface area (Å²) in [5.74, 6) is -0.228. The lowest BCUT2D eigenvalue weighted by Gasteiger charge is -2.15. The largest absolute Gasteiger partial charge is 0.336 e. The average Bonchev–Trinajstić information content (AvgIpc) is 3.00. The number of benzene rings is 2. The summed E-state index contributed by atoms with van der Waals surface area (Å²) in [5, 5.41) is 5.57. The van der Waals surface area contributed by atoms with Gasteiger partial charge in [-0.15, -0.1) is 0 Å². The Morgan fingerprint density at radius 1 is 1.21 bits per heavy atom. The number of hydrogen-bond donors (Lipinski definition) is 2. The van der Waals surface area contributed by atoms with Gasteiger partial charge in [0.1, 0.15) is 0 Å². The Kier molecular flexibility index (Phi) is 4.96. The molecular weight excluding hydrogens is 370 g/mol. The van der Waals surface area contributed by atoms with Gasteiger partial charge in [-0.1, -0.05) is 40.2 Å². The van der Waals surface area contributed by atoms with Crippen LogP contribution < -0.4 is 15.5 Å². The molecule has 2 aromatic rings. The fourth-order valence-electron chi connectivity index (χ4n) is 2.43. The third kappa shape index (κ3) is 3.83. The molecule has 3 rings (SSSR count). The van der Waals surface area contributed by atoms with E-state index in [4.69, 9.17) is 0 Å². The Morgan fingerprint density at radius 3 is 2.79 bits per heavy atom. The maximum atomic E-state index is 12.1. The lowest BCUT2D eigenvalue weighted by Crippen LogP contribution is -2.27. The van der Waals surface area contributed by atoms with E-state index in [0.717, 1.165) is 15.7 Å². The van der Waals surface area contributed by atoms with Crippen LogP contribution in [0.15, 0.2) is 59.1 Å². The van der Waals surface area contributed by atoms with E-state index in [1.807, 2.05) is 36.4 Å². The van der Waals surface area contributed by atoms with Gasteiger partial charge in [-0.3, -0.25) is 9.69 Å². The molecule has 0 saturated carbocycles. The van der Waals surface area contributed by atoms with E-state index in [0.29, 0.717) is 18.8 Å². The Hall–Kier alpha value is -2.60. The van der Waals surface area contributed by atoms with E-state index >= 15 is 0 Å². The van der Waals surface area contributed by atoms with E-state index in [2.05, 4.69) is 26.6 Å². The van der Waals surface area contributed by atoms with Crippen molar-refractivity contribution >= 4 is 45.3 Å². The second-order valence-electron chi connectivity index (χ2n) is 5.28. The van der Waals surface area contributed by atoms with Crippen molar-refractivity contribution in [2.75, 3.05) is 23.3 Å². The number of urea groups is 1. The third-order valence-electron chi connectivity index (χ3n) is 3.60. The van der Waals surface area contributed by atoms with Gasteiger partial charge in [0.2, 0.25) is 5.91 Å². The van der Waals surface area contributed by atoms with Gasteiger partial charge in [0, 0.05) is 35.0 Å². The molecule has 1 heterocycles. The minimum absolute atomic E-state index is 0.118. The predicted octanol–water partition coefficient (Wildman–Crippen LogP) is 3.63. The molecule has 1 aliphatic heterocycles. The summed E-state index contributed by atoms with van der Waals surface area (Å²) in [6, 6.07) is 14.8.